The van der Waals surface area contributed by atoms with Gasteiger partial charge in [-0.25, -0.2) is 9.59 Å². The van der Waals surface area contributed by atoms with Crippen molar-refractivity contribution in [1.82, 2.24) is 4.90 Å². The highest BCUT2D eigenvalue weighted by Gasteiger charge is 2.26. The van der Waals surface area contributed by atoms with Crippen molar-refractivity contribution in [3.8, 4) is 0 Å². The molecule has 1 amide bonds. The highest BCUT2D eigenvalue weighted by atomic mass is 16.6. The molecule has 0 aromatic carbocycles. The molecule has 114 valence electrons. The molecule has 0 saturated carbocycles. The van der Waals surface area contributed by atoms with E-state index in [1.807, 2.05) is 26.8 Å². The first kappa shape index (κ1) is 16.5. The zero-order valence-corrected chi connectivity index (χ0v) is 12.8. The highest BCUT2D eigenvalue weighted by molar-refractivity contribution is 5.81. The van der Waals surface area contributed by atoms with E-state index in [0.29, 0.717) is 19.7 Å². The molecule has 5 heteroatoms. The van der Waals surface area contributed by atoms with Crippen molar-refractivity contribution in [2.45, 2.75) is 46.1 Å². The second-order valence-corrected chi connectivity index (χ2v) is 5.94. The third-order valence-electron chi connectivity index (χ3n) is 2.90. The summed E-state index contributed by atoms with van der Waals surface area (Å²) in [5.41, 5.74) is -0.481. The van der Waals surface area contributed by atoms with Crippen molar-refractivity contribution < 1.29 is 19.1 Å². The predicted molar refractivity (Wildman–Crippen MR) is 76.3 cm³/mol. The molecule has 0 aromatic rings. The van der Waals surface area contributed by atoms with Crippen LogP contribution in [0.3, 0.4) is 0 Å². The summed E-state index contributed by atoms with van der Waals surface area (Å²) in [5, 5.41) is 0. The van der Waals surface area contributed by atoms with Gasteiger partial charge < -0.3 is 14.4 Å². The normalized spacial score (nSPS) is 20.0. The number of carbonyl (C=O) groups excluding carboxylic acids is 2. The number of hydrogen-bond acceptors (Lipinski definition) is 4. The van der Waals surface area contributed by atoms with Crippen LogP contribution in [0.1, 0.15) is 40.5 Å². The molecule has 0 aromatic heterocycles. The van der Waals surface area contributed by atoms with E-state index in [2.05, 4.69) is 0 Å². The number of amides is 1. The molecular weight excluding hydrogens is 258 g/mol. The number of nitrogens with zero attached hydrogens (tertiary/aromatic N) is 1. The summed E-state index contributed by atoms with van der Waals surface area (Å²) in [6.07, 6.45) is 4.87. The van der Waals surface area contributed by atoms with Gasteiger partial charge in [0.15, 0.2) is 0 Å². The molecule has 0 bridgehead atoms. The maximum Gasteiger partial charge on any atom is 0.410 e. The van der Waals surface area contributed by atoms with Crippen LogP contribution in [0.5, 0.6) is 0 Å². The highest BCUT2D eigenvalue weighted by Crippen LogP contribution is 2.20. The Morgan fingerprint density at radius 2 is 2.05 bits per heavy atom. The molecule has 20 heavy (non-hydrogen) atoms. The van der Waals surface area contributed by atoms with Crippen molar-refractivity contribution in [2.24, 2.45) is 5.92 Å². The maximum absolute atomic E-state index is 12.0. The smallest absolute Gasteiger partial charge is 0.410 e. The molecule has 1 rings (SSSR count). The van der Waals surface area contributed by atoms with Crippen molar-refractivity contribution >= 4 is 12.1 Å². The lowest BCUT2D eigenvalue weighted by Gasteiger charge is -2.33. The first-order valence-corrected chi connectivity index (χ1v) is 7.14. The summed E-state index contributed by atoms with van der Waals surface area (Å²) in [7, 11) is 0. The van der Waals surface area contributed by atoms with Gasteiger partial charge in [0.25, 0.3) is 0 Å². The van der Waals surface area contributed by atoms with E-state index in [9.17, 15) is 9.59 Å². The third-order valence-corrected chi connectivity index (χ3v) is 2.90. The van der Waals surface area contributed by atoms with E-state index >= 15 is 0 Å². The zero-order valence-electron chi connectivity index (χ0n) is 12.8. The fourth-order valence-corrected chi connectivity index (χ4v) is 2.06. The minimum atomic E-state index is -0.481. The molecule has 0 aliphatic carbocycles. The monoisotopic (exact) mass is 283 g/mol. The molecule has 1 aliphatic rings. The molecule has 1 saturated heterocycles. The molecule has 0 unspecified atom stereocenters. The van der Waals surface area contributed by atoms with Crippen LogP contribution in [0.4, 0.5) is 4.79 Å². The van der Waals surface area contributed by atoms with Crippen LogP contribution in [0.2, 0.25) is 0 Å². The molecule has 1 atom stereocenters. The second-order valence-electron chi connectivity index (χ2n) is 5.94. The lowest BCUT2D eigenvalue weighted by atomic mass is 9.98. The minimum Gasteiger partial charge on any atom is -0.463 e. The number of rotatable bonds is 3. The fourth-order valence-electron chi connectivity index (χ4n) is 2.06. The molecule has 0 spiro atoms. The summed E-state index contributed by atoms with van der Waals surface area (Å²) in [5.74, 6) is -0.150. The first-order valence-electron chi connectivity index (χ1n) is 7.14. The van der Waals surface area contributed by atoms with Gasteiger partial charge in [0.2, 0.25) is 0 Å². The summed E-state index contributed by atoms with van der Waals surface area (Å²) in [4.78, 5) is 25.0. The topological polar surface area (TPSA) is 55.8 Å². The number of hydrogen-bond donors (Lipinski definition) is 0. The number of piperidine rings is 1. The summed E-state index contributed by atoms with van der Waals surface area (Å²) in [6, 6.07) is 0. The standard InChI is InChI=1S/C15H25NO4/c1-5-19-13(17)9-8-12-7-6-10-16(11-12)14(18)20-15(2,3)4/h8-9,12H,5-7,10-11H2,1-4H3/b9-8+/t12-/m0/s1. The summed E-state index contributed by atoms with van der Waals surface area (Å²) in [6.45, 7) is 9.00. The van der Waals surface area contributed by atoms with E-state index in [-0.39, 0.29) is 18.0 Å². The summed E-state index contributed by atoms with van der Waals surface area (Å²) >= 11 is 0. The Labute approximate surface area is 120 Å². The van der Waals surface area contributed by atoms with Crippen LogP contribution in [-0.4, -0.2) is 42.3 Å². The third kappa shape index (κ3) is 6.08. The lowest BCUT2D eigenvalue weighted by Crippen LogP contribution is -2.42. The Morgan fingerprint density at radius 1 is 1.35 bits per heavy atom. The lowest BCUT2D eigenvalue weighted by molar-refractivity contribution is -0.137. The average molecular weight is 283 g/mol. The van der Waals surface area contributed by atoms with Crippen LogP contribution >= 0.6 is 0 Å². The van der Waals surface area contributed by atoms with Crippen LogP contribution in [0.25, 0.3) is 0 Å². The van der Waals surface area contributed by atoms with Crippen LogP contribution in [-0.2, 0) is 14.3 Å². The Morgan fingerprint density at radius 3 is 2.65 bits per heavy atom. The van der Waals surface area contributed by atoms with Gasteiger partial charge in [-0.05, 0) is 46.5 Å². The predicted octanol–water partition coefficient (Wildman–Crippen LogP) is 2.75. The van der Waals surface area contributed by atoms with Crippen LogP contribution in [0, 0.1) is 5.92 Å². The molecule has 1 aliphatic heterocycles. The zero-order chi connectivity index (χ0) is 15.2. The quantitative estimate of drug-likeness (QED) is 0.590. The molecule has 0 radical (unpaired) electrons. The fraction of sp³-hybridized carbons (Fsp3) is 0.733. The van der Waals surface area contributed by atoms with E-state index in [4.69, 9.17) is 9.47 Å². The van der Waals surface area contributed by atoms with Crippen molar-refractivity contribution in [3.05, 3.63) is 12.2 Å². The molecule has 0 N–H and O–H groups in total. The Bertz CT molecular complexity index is 371. The molecular formula is C15H25NO4. The largest absolute Gasteiger partial charge is 0.463 e. The maximum atomic E-state index is 12.0. The van der Waals surface area contributed by atoms with E-state index < -0.39 is 5.60 Å². The van der Waals surface area contributed by atoms with Gasteiger partial charge in [-0.3, -0.25) is 0 Å². The van der Waals surface area contributed by atoms with E-state index in [0.717, 1.165) is 12.8 Å². The van der Waals surface area contributed by atoms with Gasteiger partial charge in [0.1, 0.15) is 5.60 Å². The van der Waals surface area contributed by atoms with Gasteiger partial charge in [-0.15, -0.1) is 0 Å². The van der Waals surface area contributed by atoms with Gasteiger partial charge >= 0.3 is 12.1 Å². The Hall–Kier alpha value is -1.52. The van der Waals surface area contributed by atoms with Crippen molar-refractivity contribution in [3.63, 3.8) is 0 Å². The number of ether oxygens (including phenoxy) is 2. The van der Waals surface area contributed by atoms with Crippen molar-refractivity contribution in [1.29, 1.82) is 0 Å². The average Bonchev–Trinajstić information content (AvgIpc) is 2.35. The van der Waals surface area contributed by atoms with Crippen molar-refractivity contribution in [2.75, 3.05) is 19.7 Å². The second kappa shape index (κ2) is 7.31. The number of esters is 1. The van der Waals surface area contributed by atoms with Gasteiger partial charge in [-0.1, -0.05) is 6.08 Å². The first-order chi connectivity index (χ1) is 9.31. The number of carbonyl (C=O) groups is 2. The Balaban J connectivity index is 2.50. The summed E-state index contributed by atoms with van der Waals surface area (Å²) < 4.78 is 10.2. The number of likely N-dealkylation sites (tertiary alicyclic amines) is 1. The van der Waals surface area contributed by atoms with Crippen LogP contribution in [0.15, 0.2) is 12.2 Å². The SMILES string of the molecule is CCOC(=O)/C=C/[C@@H]1CCCN(C(=O)OC(C)(C)C)C1. The Kier molecular flexibility index (Phi) is 6.05. The van der Waals surface area contributed by atoms with E-state index in [1.165, 1.54) is 6.08 Å². The van der Waals surface area contributed by atoms with Gasteiger partial charge in [0.05, 0.1) is 6.61 Å². The van der Waals surface area contributed by atoms with Gasteiger partial charge in [0, 0.05) is 19.2 Å². The van der Waals surface area contributed by atoms with Gasteiger partial charge in [-0.2, -0.15) is 0 Å². The molecule has 1 fully saturated rings. The minimum absolute atomic E-state index is 0.181. The molecule has 1 heterocycles. The van der Waals surface area contributed by atoms with Crippen LogP contribution < -0.4 is 0 Å². The van der Waals surface area contributed by atoms with E-state index in [1.54, 1.807) is 11.8 Å². The molecule has 5 nitrogen and oxygen atoms in total.